The van der Waals surface area contributed by atoms with Gasteiger partial charge in [-0.3, -0.25) is 4.79 Å². The summed E-state index contributed by atoms with van der Waals surface area (Å²) in [7, 11) is 0. The van der Waals surface area contributed by atoms with E-state index in [1.165, 1.54) is 24.2 Å². The molecule has 0 fully saturated rings. The number of hydrogen-bond acceptors (Lipinski definition) is 3. The standard InChI is InChI=1S/C14H23N3O2/c1-9(8-14(3,15)13(18)19)17-10(2)16-11-6-4-5-7-12(11)17/h9H,4-8,15H2,1-3H3,(H,18,19). The predicted octanol–water partition coefficient (Wildman–Crippen LogP) is 1.82. The fourth-order valence-electron chi connectivity index (χ4n) is 3.08. The van der Waals surface area contributed by atoms with Gasteiger partial charge in [0.1, 0.15) is 11.4 Å². The van der Waals surface area contributed by atoms with Gasteiger partial charge in [0, 0.05) is 11.7 Å². The van der Waals surface area contributed by atoms with Crippen molar-refractivity contribution in [3.63, 3.8) is 0 Å². The van der Waals surface area contributed by atoms with Crippen LogP contribution in [0.25, 0.3) is 0 Å². The third kappa shape index (κ3) is 2.66. The Labute approximate surface area is 113 Å². The molecule has 0 saturated heterocycles. The van der Waals surface area contributed by atoms with E-state index in [1.54, 1.807) is 6.92 Å². The van der Waals surface area contributed by atoms with Gasteiger partial charge in [0.15, 0.2) is 0 Å². The van der Waals surface area contributed by atoms with Gasteiger partial charge in [0.25, 0.3) is 0 Å². The first-order chi connectivity index (χ1) is 8.83. The maximum absolute atomic E-state index is 11.1. The summed E-state index contributed by atoms with van der Waals surface area (Å²) in [6.45, 7) is 5.59. The Morgan fingerprint density at radius 3 is 2.79 bits per heavy atom. The summed E-state index contributed by atoms with van der Waals surface area (Å²) in [5.74, 6) is 0.0200. The van der Waals surface area contributed by atoms with Gasteiger partial charge >= 0.3 is 5.97 Å². The van der Waals surface area contributed by atoms with Gasteiger partial charge in [-0.1, -0.05) is 0 Å². The fraction of sp³-hybridized carbons (Fsp3) is 0.714. The van der Waals surface area contributed by atoms with Gasteiger partial charge in [-0.05, 0) is 52.9 Å². The molecule has 0 radical (unpaired) electrons. The molecule has 0 aliphatic heterocycles. The molecule has 5 heteroatoms. The zero-order valence-electron chi connectivity index (χ0n) is 11.9. The number of nitrogens with zero attached hydrogens (tertiary/aromatic N) is 2. The Morgan fingerprint density at radius 1 is 1.53 bits per heavy atom. The minimum absolute atomic E-state index is 0.0560. The summed E-state index contributed by atoms with van der Waals surface area (Å²) in [5.41, 5.74) is 7.12. The van der Waals surface area contributed by atoms with Crippen LogP contribution in [0.5, 0.6) is 0 Å². The molecule has 2 unspecified atom stereocenters. The number of aromatic nitrogens is 2. The Balaban J connectivity index is 2.27. The van der Waals surface area contributed by atoms with E-state index in [1.807, 2.05) is 13.8 Å². The molecule has 1 aromatic heterocycles. The Morgan fingerprint density at radius 2 is 2.16 bits per heavy atom. The highest BCUT2D eigenvalue weighted by atomic mass is 16.4. The number of fused-ring (bicyclic) bond motifs is 1. The summed E-state index contributed by atoms with van der Waals surface area (Å²) in [6, 6.07) is 0.0560. The zero-order chi connectivity index (χ0) is 14.2. The fourth-order valence-corrected chi connectivity index (χ4v) is 3.08. The van der Waals surface area contributed by atoms with Gasteiger partial charge in [-0.15, -0.1) is 0 Å². The molecule has 0 amide bonds. The lowest BCUT2D eigenvalue weighted by Gasteiger charge is -2.27. The van der Waals surface area contributed by atoms with Crippen LogP contribution in [0.4, 0.5) is 0 Å². The van der Waals surface area contributed by atoms with E-state index in [0.717, 1.165) is 18.7 Å². The Bertz CT molecular complexity index is 491. The van der Waals surface area contributed by atoms with Crippen molar-refractivity contribution in [2.75, 3.05) is 0 Å². The minimum Gasteiger partial charge on any atom is -0.480 e. The van der Waals surface area contributed by atoms with E-state index in [2.05, 4.69) is 9.55 Å². The molecular weight excluding hydrogens is 242 g/mol. The second kappa shape index (κ2) is 4.96. The predicted molar refractivity (Wildman–Crippen MR) is 73.2 cm³/mol. The molecule has 0 bridgehead atoms. The highest BCUT2D eigenvalue weighted by molar-refractivity contribution is 5.77. The van der Waals surface area contributed by atoms with Crippen LogP contribution in [-0.4, -0.2) is 26.2 Å². The second-order valence-corrected chi connectivity index (χ2v) is 5.91. The average molecular weight is 265 g/mol. The number of imidazole rings is 1. The molecule has 0 spiro atoms. The van der Waals surface area contributed by atoms with Crippen LogP contribution >= 0.6 is 0 Å². The number of hydrogen-bond donors (Lipinski definition) is 2. The smallest absolute Gasteiger partial charge is 0.323 e. The average Bonchev–Trinajstić information content (AvgIpc) is 2.63. The van der Waals surface area contributed by atoms with Gasteiger partial charge in [-0.2, -0.15) is 0 Å². The highest BCUT2D eigenvalue weighted by Gasteiger charge is 2.32. The molecule has 0 saturated carbocycles. The molecule has 19 heavy (non-hydrogen) atoms. The van der Waals surface area contributed by atoms with E-state index in [0.29, 0.717) is 6.42 Å². The van der Waals surface area contributed by atoms with Crippen molar-refractivity contribution in [1.29, 1.82) is 0 Å². The third-order valence-electron chi connectivity index (χ3n) is 4.00. The van der Waals surface area contributed by atoms with Crippen molar-refractivity contribution < 1.29 is 9.90 Å². The number of carboxylic acids is 1. The lowest BCUT2D eigenvalue weighted by molar-refractivity contribution is -0.143. The minimum atomic E-state index is -1.20. The summed E-state index contributed by atoms with van der Waals surface area (Å²) < 4.78 is 2.18. The third-order valence-corrected chi connectivity index (χ3v) is 4.00. The molecule has 1 aliphatic rings. The summed E-state index contributed by atoms with van der Waals surface area (Å²) in [5, 5.41) is 9.15. The van der Waals surface area contributed by atoms with E-state index in [9.17, 15) is 4.79 Å². The van der Waals surface area contributed by atoms with Gasteiger partial charge in [-0.25, -0.2) is 4.98 Å². The number of rotatable bonds is 4. The number of carboxylic acid groups (broad SMARTS) is 1. The van der Waals surface area contributed by atoms with Crippen LogP contribution in [0.2, 0.25) is 0 Å². The normalized spacial score (nSPS) is 19.6. The van der Waals surface area contributed by atoms with Crippen molar-refractivity contribution in [3.8, 4) is 0 Å². The monoisotopic (exact) mass is 265 g/mol. The first-order valence-corrected chi connectivity index (χ1v) is 6.92. The van der Waals surface area contributed by atoms with Gasteiger partial charge in [0.05, 0.1) is 5.69 Å². The van der Waals surface area contributed by atoms with Crippen LogP contribution in [0.1, 0.15) is 56.4 Å². The molecule has 2 rings (SSSR count). The molecule has 0 aromatic carbocycles. The molecule has 3 N–H and O–H groups in total. The number of aliphatic carboxylic acids is 1. The lowest BCUT2D eigenvalue weighted by atomic mass is 9.94. The first-order valence-electron chi connectivity index (χ1n) is 6.92. The first kappa shape index (κ1) is 14.1. The summed E-state index contributed by atoms with van der Waals surface area (Å²) in [6.07, 6.45) is 4.86. The largest absolute Gasteiger partial charge is 0.480 e. The highest BCUT2D eigenvalue weighted by Crippen LogP contribution is 2.28. The molecule has 1 aromatic rings. The van der Waals surface area contributed by atoms with Crippen LogP contribution in [0, 0.1) is 6.92 Å². The van der Waals surface area contributed by atoms with Crippen molar-refractivity contribution >= 4 is 5.97 Å². The molecule has 5 nitrogen and oxygen atoms in total. The zero-order valence-corrected chi connectivity index (χ0v) is 11.9. The van der Waals surface area contributed by atoms with E-state index >= 15 is 0 Å². The summed E-state index contributed by atoms with van der Waals surface area (Å²) >= 11 is 0. The second-order valence-electron chi connectivity index (χ2n) is 5.91. The van der Waals surface area contributed by atoms with Gasteiger partial charge in [0.2, 0.25) is 0 Å². The van der Waals surface area contributed by atoms with Crippen molar-refractivity contribution in [2.24, 2.45) is 5.73 Å². The van der Waals surface area contributed by atoms with Crippen LogP contribution < -0.4 is 5.73 Å². The summed E-state index contributed by atoms with van der Waals surface area (Å²) in [4.78, 5) is 15.8. The molecule has 2 atom stereocenters. The number of nitrogens with two attached hydrogens (primary N) is 1. The van der Waals surface area contributed by atoms with E-state index in [-0.39, 0.29) is 6.04 Å². The maximum Gasteiger partial charge on any atom is 0.323 e. The topological polar surface area (TPSA) is 81.1 Å². The van der Waals surface area contributed by atoms with Gasteiger partial charge < -0.3 is 15.4 Å². The van der Waals surface area contributed by atoms with E-state index in [4.69, 9.17) is 10.8 Å². The lowest BCUT2D eigenvalue weighted by Crippen LogP contribution is -2.46. The molecule has 1 heterocycles. The Hall–Kier alpha value is -1.36. The van der Waals surface area contributed by atoms with E-state index < -0.39 is 11.5 Å². The SMILES string of the molecule is Cc1nc2c(n1C(C)CC(C)(N)C(=O)O)CCCC2. The van der Waals surface area contributed by atoms with Crippen LogP contribution in [0.15, 0.2) is 0 Å². The molecule has 106 valence electrons. The van der Waals surface area contributed by atoms with Crippen molar-refractivity contribution in [1.82, 2.24) is 9.55 Å². The number of aryl methyl sites for hydroxylation is 2. The van der Waals surface area contributed by atoms with Crippen LogP contribution in [-0.2, 0) is 17.6 Å². The number of carbonyl (C=O) groups is 1. The van der Waals surface area contributed by atoms with Crippen LogP contribution in [0.3, 0.4) is 0 Å². The maximum atomic E-state index is 11.1. The molecule has 1 aliphatic carbocycles. The Kier molecular flexibility index (Phi) is 3.67. The van der Waals surface area contributed by atoms with Crippen molar-refractivity contribution in [3.05, 3.63) is 17.2 Å². The van der Waals surface area contributed by atoms with Crippen molar-refractivity contribution in [2.45, 2.75) is 64.5 Å². The molecular formula is C14H23N3O2. The quantitative estimate of drug-likeness (QED) is 0.870.